The van der Waals surface area contributed by atoms with Crippen LogP contribution in [0.25, 0.3) is 0 Å². The van der Waals surface area contributed by atoms with E-state index in [2.05, 4.69) is 22.8 Å². The first-order valence-electron chi connectivity index (χ1n) is 6.39. The minimum atomic E-state index is 0.832. The van der Waals surface area contributed by atoms with Crippen LogP contribution in [0.3, 0.4) is 0 Å². The first kappa shape index (κ1) is 14.5. The first-order chi connectivity index (χ1) is 8.34. The molecule has 1 fully saturated rings. The molecule has 1 saturated heterocycles. The lowest BCUT2D eigenvalue weighted by Gasteiger charge is -2.13. The summed E-state index contributed by atoms with van der Waals surface area (Å²) in [7, 11) is 1.50. The van der Waals surface area contributed by atoms with E-state index in [9.17, 15) is 0 Å². The molecular weight excluding hydrogens is 232 g/mol. The third kappa shape index (κ3) is 5.53. The van der Waals surface area contributed by atoms with Crippen LogP contribution in [0.15, 0.2) is 24.3 Å². The van der Waals surface area contributed by atoms with Crippen molar-refractivity contribution in [3.8, 4) is 0 Å². The third-order valence-corrected chi connectivity index (χ3v) is 3.30. The van der Waals surface area contributed by atoms with Crippen LogP contribution in [-0.4, -0.2) is 31.6 Å². The standard InChI is InChI=1S/C13H18ClN.CH5N/c14-13-7-5-12(6-8-13)4-3-11-15-9-1-2-10-15;1-2/h5-8H,1-4,9-11H2;2H2,1H3. The second-order valence-electron chi connectivity index (χ2n) is 4.28. The van der Waals surface area contributed by atoms with Crippen LogP contribution in [0.1, 0.15) is 24.8 Å². The van der Waals surface area contributed by atoms with Crippen LogP contribution in [-0.2, 0) is 6.42 Å². The van der Waals surface area contributed by atoms with Crippen LogP contribution in [0, 0.1) is 0 Å². The molecule has 1 aromatic carbocycles. The average Bonchev–Trinajstić information content (AvgIpc) is 2.87. The van der Waals surface area contributed by atoms with Crippen molar-refractivity contribution < 1.29 is 0 Å². The molecule has 3 heteroatoms. The number of halogens is 1. The zero-order chi connectivity index (χ0) is 12.5. The number of hydrogen-bond acceptors (Lipinski definition) is 2. The van der Waals surface area contributed by atoms with Gasteiger partial charge in [0.2, 0.25) is 0 Å². The van der Waals surface area contributed by atoms with Crippen molar-refractivity contribution in [2.24, 2.45) is 5.73 Å². The average molecular weight is 255 g/mol. The van der Waals surface area contributed by atoms with Gasteiger partial charge in [-0.1, -0.05) is 23.7 Å². The molecule has 1 aromatic rings. The molecular formula is C14H23ClN2. The Balaban J connectivity index is 0.000000686. The first-order valence-corrected chi connectivity index (χ1v) is 6.77. The lowest BCUT2D eigenvalue weighted by atomic mass is 10.1. The number of benzene rings is 1. The van der Waals surface area contributed by atoms with Crippen molar-refractivity contribution in [2.45, 2.75) is 25.7 Å². The lowest BCUT2D eigenvalue weighted by molar-refractivity contribution is 0.334. The molecule has 1 aliphatic heterocycles. The molecule has 0 saturated carbocycles. The van der Waals surface area contributed by atoms with Gasteiger partial charge >= 0.3 is 0 Å². The summed E-state index contributed by atoms with van der Waals surface area (Å²) in [6.07, 6.45) is 5.22. The Bertz CT molecular complexity index is 292. The summed E-state index contributed by atoms with van der Waals surface area (Å²) >= 11 is 5.84. The van der Waals surface area contributed by atoms with Gasteiger partial charge in [0.25, 0.3) is 0 Å². The van der Waals surface area contributed by atoms with Crippen molar-refractivity contribution in [1.29, 1.82) is 0 Å². The van der Waals surface area contributed by atoms with Crippen molar-refractivity contribution in [2.75, 3.05) is 26.7 Å². The maximum atomic E-state index is 5.84. The summed E-state index contributed by atoms with van der Waals surface area (Å²) in [5, 5.41) is 0.832. The molecule has 2 rings (SSSR count). The van der Waals surface area contributed by atoms with Crippen molar-refractivity contribution in [3.05, 3.63) is 34.9 Å². The van der Waals surface area contributed by atoms with Crippen LogP contribution in [0.5, 0.6) is 0 Å². The predicted molar refractivity (Wildman–Crippen MR) is 75.6 cm³/mol. The van der Waals surface area contributed by atoms with Crippen LogP contribution in [0.2, 0.25) is 5.02 Å². The largest absolute Gasteiger partial charge is 0.333 e. The van der Waals surface area contributed by atoms with Crippen LogP contribution < -0.4 is 5.73 Å². The SMILES string of the molecule is CN.Clc1ccc(CCCN2CCCC2)cc1. The Hall–Kier alpha value is -0.570. The second kappa shape index (κ2) is 8.51. The molecule has 0 bridgehead atoms. The Kier molecular flexibility index (Phi) is 7.25. The van der Waals surface area contributed by atoms with E-state index in [1.807, 2.05) is 12.1 Å². The monoisotopic (exact) mass is 254 g/mol. The highest BCUT2D eigenvalue weighted by Crippen LogP contribution is 2.12. The topological polar surface area (TPSA) is 29.3 Å². The molecule has 2 N–H and O–H groups in total. The predicted octanol–water partition coefficient (Wildman–Crippen LogP) is 2.94. The number of likely N-dealkylation sites (tertiary alicyclic amines) is 1. The van der Waals surface area contributed by atoms with Crippen molar-refractivity contribution >= 4 is 11.6 Å². The van der Waals surface area contributed by atoms with E-state index in [1.54, 1.807) is 0 Å². The van der Waals surface area contributed by atoms with Crippen LogP contribution >= 0.6 is 11.6 Å². The molecule has 0 amide bonds. The zero-order valence-electron chi connectivity index (χ0n) is 10.7. The van der Waals surface area contributed by atoms with E-state index in [0.29, 0.717) is 0 Å². The molecule has 0 unspecified atom stereocenters. The second-order valence-corrected chi connectivity index (χ2v) is 4.72. The fraction of sp³-hybridized carbons (Fsp3) is 0.571. The van der Waals surface area contributed by atoms with Gasteiger partial charge in [0.15, 0.2) is 0 Å². The highest BCUT2D eigenvalue weighted by atomic mass is 35.5. The summed E-state index contributed by atoms with van der Waals surface area (Å²) in [5.74, 6) is 0. The van der Waals surface area contributed by atoms with E-state index < -0.39 is 0 Å². The maximum Gasteiger partial charge on any atom is 0.0406 e. The molecule has 0 radical (unpaired) electrons. The molecule has 0 atom stereocenters. The Morgan fingerprint density at radius 3 is 2.29 bits per heavy atom. The fourth-order valence-corrected chi connectivity index (χ4v) is 2.29. The third-order valence-electron chi connectivity index (χ3n) is 3.05. The van der Waals surface area contributed by atoms with Gasteiger partial charge in [-0.15, -0.1) is 0 Å². The molecule has 96 valence electrons. The van der Waals surface area contributed by atoms with Gasteiger partial charge in [0.05, 0.1) is 0 Å². The van der Waals surface area contributed by atoms with E-state index in [-0.39, 0.29) is 0 Å². The minimum Gasteiger partial charge on any atom is -0.333 e. The van der Waals surface area contributed by atoms with Gasteiger partial charge in [-0.25, -0.2) is 0 Å². The smallest absolute Gasteiger partial charge is 0.0406 e. The van der Waals surface area contributed by atoms with Crippen molar-refractivity contribution in [1.82, 2.24) is 4.90 Å². The fourth-order valence-electron chi connectivity index (χ4n) is 2.16. The van der Waals surface area contributed by atoms with E-state index in [1.165, 1.54) is 57.9 Å². The van der Waals surface area contributed by atoms with Gasteiger partial charge in [0.1, 0.15) is 0 Å². The molecule has 1 aliphatic rings. The molecule has 0 spiro atoms. The van der Waals surface area contributed by atoms with Crippen LogP contribution in [0.4, 0.5) is 0 Å². The Morgan fingerprint density at radius 2 is 1.71 bits per heavy atom. The summed E-state index contributed by atoms with van der Waals surface area (Å²) in [6.45, 7) is 3.86. The summed E-state index contributed by atoms with van der Waals surface area (Å²) in [4.78, 5) is 2.57. The molecule has 2 nitrogen and oxygen atoms in total. The highest BCUT2D eigenvalue weighted by Gasteiger charge is 2.10. The Labute approximate surface area is 110 Å². The number of aryl methyl sites for hydroxylation is 1. The van der Waals surface area contributed by atoms with Gasteiger partial charge < -0.3 is 10.6 Å². The lowest BCUT2D eigenvalue weighted by Crippen LogP contribution is -2.20. The molecule has 0 aromatic heterocycles. The van der Waals surface area contributed by atoms with Gasteiger partial charge in [-0.05, 0) is 70.1 Å². The molecule has 17 heavy (non-hydrogen) atoms. The number of nitrogens with two attached hydrogens (primary N) is 1. The summed E-state index contributed by atoms with van der Waals surface area (Å²) < 4.78 is 0. The maximum absolute atomic E-state index is 5.84. The molecule has 1 heterocycles. The van der Waals surface area contributed by atoms with E-state index in [0.717, 1.165) is 5.02 Å². The number of hydrogen-bond donors (Lipinski definition) is 1. The number of nitrogens with zero attached hydrogens (tertiary/aromatic N) is 1. The number of rotatable bonds is 4. The normalized spacial score (nSPS) is 15.5. The Morgan fingerprint density at radius 1 is 1.12 bits per heavy atom. The van der Waals surface area contributed by atoms with Gasteiger partial charge in [-0.2, -0.15) is 0 Å². The highest BCUT2D eigenvalue weighted by molar-refractivity contribution is 6.30. The van der Waals surface area contributed by atoms with Gasteiger partial charge in [0, 0.05) is 5.02 Å². The van der Waals surface area contributed by atoms with Gasteiger partial charge in [-0.3, -0.25) is 0 Å². The van der Waals surface area contributed by atoms with E-state index in [4.69, 9.17) is 11.6 Å². The zero-order valence-corrected chi connectivity index (χ0v) is 11.4. The minimum absolute atomic E-state index is 0.832. The summed E-state index contributed by atoms with van der Waals surface area (Å²) in [5.41, 5.74) is 5.90. The molecule has 0 aliphatic carbocycles. The summed E-state index contributed by atoms with van der Waals surface area (Å²) in [6, 6.07) is 8.22. The quantitative estimate of drug-likeness (QED) is 0.895. The van der Waals surface area contributed by atoms with E-state index >= 15 is 0 Å². The van der Waals surface area contributed by atoms with Crippen molar-refractivity contribution in [3.63, 3.8) is 0 Å².